The van der Waals surface area contributed by atoms with Crippen molar-refractivity contribution < 1.29 is 55.5 Å². The molecule has 41 heavy (non-hydrogen) atoms. The maximum absolute atomic E-state index is 11.7. The number of carbonyl (C=O) groups excluding carboxylic acids is 1. The summed E-state index contributed by atoms with van der Waals surface area (Å²) in [7, 11) is 0. The summed E-state index contributed by atoms with van der Waals surface area (Å²) < 4.78 is 4.66. The number of rotatable bonds is 25. The number of carbonyl (C=O) groups is 1. The highest BCUT2D eigenvalue weighted by Crippen LogP contribution is 2.18. The third-order valence-electron chi connectivity index (χ3n) is 7.22. The van der Waals surface area contributed by atoms with Crippen LogP contribution in [0.25, 0.3) is 0 Å². The van der Waals surface area contributed by atoms with Gasteiger partial charge in [-0.2, -0.15) is 0 Å². The average Bonchev–Trinajstić information content (AvgIpc) is 2.99. The van der Waals surface area contributed by atoms with E-state index in [9.17, 15) is 30.3 Å². The van der Waals surface area contributed by atoms with Crippen LogP contribution in [0.2, 0.25) is 0 Å². The quantitative estimate of drug-likeness (QED) is 0.0320. The van der Waals surface area contributed by atoms with Gasteiger partial charge in [0.05, 0.1) is 26.4 Å². The maximum Gasteiger partial charge on any atom is 0.308 e. The summed E-state index contributed by atoms with van der Waals surface area (Å²) in [6.45, 7) is 2.75. The van der Waals surface area contributed by atoms with Gasteiger partial charge in [0.15, 0.2) is 0 Å². The molecular weight excluding hydrogens is 536 g/mol. The lowest BCUT2D eigenvalue weighted by molar-refractivity contribution is -0.213. The van der Waals surface area contributed by atoms with Gasteiger partial charge in [-0.05, 0) is 38.5 Å². The third kappa shape index (κ3) is 21.2. The highest BCUT2D eigenvalue weighted by atomic mass is 16.6. The molecule has 0 aromatic heterocycles. The van der Waals surface area contributed by atoms with Crippen LogP contribution in [-0.2, 0) is 9.53 Å². The predicted octanol–water partition coefficient (Wildman–Crippen LogP) is 1.68. The normalized spacial score (nSPS) is 15.6. The Balaban J connectivity index is 0. The molecule has 0 aliphatic carbocycles. The van der Waals surface area contributed by atoms with Crippen molar-refractivity contribution in [2.24, 2.45) is 5.41 Å². The van der Waals surface area contributed by atoms with E-state index in [2.05, 4.69) is 23.8 Å². The summed E-state index contributed by atoms with van der Waals surface area (Å²) in [5, 5.41) is 82.5. The van der Waals surface area contributed by atoms with E-state index in [-0.39, 0.29) is 26.2 Å². The summed E-state index contributed by atoms with van der Waals surface area (Å²) in [5.41, 5.74) is -0.667. The molecule has 0 spiro atoms. The first kappa shape index (κ1) is 42.0. The number of allylic oxidation sites excluding steroid dienone is 2. The Morgan fingerprint density at radius 2 is 1.12 bits per heavy atom. The first-order valence-corrected chi connectivity index (χ1v) is 15.3. The fourth-order valence-electron chi connectivity index (χ4n) is 3.80. The van der Waals surface area contributed by atoms with Crippen molar-refractivity contribution in [1.82, 2.24) is 0 Å². The summed E-state index contributed by atoms with van der Waals surface area (Å²) in [4.78, 5) is 11.7. The molecule has 0 aromatic rings. The van der Waals surface area contributed by atoms with Crippen LogP contribution in [0.4, 0.5) is 0 Å². The van der Waals surface area contributed by atoms with E-state index >= 15 is 0 Å². The maximum atomic E-state index is 11.7. The number of hydrogen-bond acceptors (Lipinski definition) is 11. The van der Waals surface area contributed by atoms with Crippen molar-refractivity contribution in [2.45, 2.75) is 141 Å². The smallest absolute Gasteiger partial charge is 0.308 e. The SMILES string of the molecule is CCC(CO)(CO)CO.CCCCCCCC/C=C\CCCCCCCC(=O)OC(O)[C@H](O)[C@@H](O)[C@H](O)[C@H](O)CO. The highest BCUT2D eigenvalue weighted by molar-refractivity contribution is 5.69. The van der Waals surface area contributed by atoms with E-state index in [1.807, 2.05) is 6.92 Å². The molecule has 1 unspecified atom stereocenters. The molecule has 0 aromatic carbocycles. The molecule has 11 nitrogen and oxygen atoms in total. The van der Waals surface area contributed by atoms with Crippen molar-refractivity contribution in [3.63, 3.8) is 0 Å². The molecule has 246 valence electrons. The molecule has 0 bridgehead atoms. The van der Waals surface area contributed by atoms with E-state index in [0.29, 0.717) is 12.8 Å². The van der Waals surface area contributed by atoms with E-state index in [1.165, 1.54) is 38.5 Å². The fourth-order valence-corrected chi connectivity index (χ4v) is 3.80. The molecule has 0 saturated carbocycles. The summed E-state index contributed by atoms with van der Waals surface area (Å²) in [5.74, 6) is -0.724. The van der Waals surface area contributed by atoms with Crippen LogP contribution in [0, 0.1) is 5.41 Å². The molecule has 0 aliphatic heterocycles. The summed E-state index contributed by atoms with van der Waals surface area (Å²) in [6, 6.07) is 0. The van der Waals surface area contributed by atoms with Gasteiger partial charge in [-0.25, -0.2) is 0 Å². The van der Waals surface area contributed by atoms with Crippen LogP contribution in [-0.4, -0.2) is 109 Å². The Kier molecular flexibility index (Phi) is 28.3. The fraction of sp³-hybridized carbons (Fsp3) is 0.900. The number of aliphatic hydroxyl groups excluding tert-OH is 9. The van der Waals surface area contributed by atoms with Crippen LogP contribution in [0.1, 0.15) is 110 Å². The van der Waals surface area contributed by atoms with Crippen molar-refractivity contribution >= 4 is 5.97 Å². The minimum Gasteiger partial charge on any atom is -0.433 e. The third-order valence-corrected chi connectivity index (χ3v) is 7.22. The number of aliphatic hydroxyl groups is 9. The van der Waals surface area contributed by atoms with Crippen LogP contribution < -0.4 is 0 Å². The van der Waals surface area contributed by atoms with Gasteiger partial charge in [0, 0.05) is 11.8 Å². The first-order chi connectivity index (χ1) is 19.6. The van der Waals surface area contributed by atoms with Gasteiger partial charge in [-0.3, -0.25) is 4.79 Å². The summed E-state index contributed by atoms with van der Waals surface area (Å²) >= 11 is 0. The van der Waals surface area contributed by atoms with E-state index in [4.69, 9.17) is 20.4 Å². The van der Waals surface area contributed by atoms with Gasteiger partial charge >= 0.3 is 5.97 Å². The second kappa shape index (κ2) is 27.7. The molecule has 0 radical (unpaired) electrons. The van der Waals surface area contributed by atoms with Gasteiger partial charge in [0.25, 0.3) is 0 Å². The minimum absolute atomic E-state index is 0.0693. The average molecular weight is 597 g/mol. The molecule has 9 N–H and O–H groups in total. The highest BCUT2D eigenvalue weighted by Gasteiger charge is 2.35. The first-order valence-electron chi connectivity index (χ1n) is 15.3. The second-order valence-electron chi connectivity index (χ2n) is 10.8. The lowest BCUT2D eigenvalue weighted by Crippen LogP contribution is -2.50. The minimum atomic E-state index is -2.04. The number of esters is 1. The number of hydrogen-bond donors (Lipinski definition) is 9. The largest absolute Gasteiger partial charge is 0.433 e. The van der Waals surface area contributed by atoms with Crippen molar-refractivity contribution in [3.05, 3.63) is 12.2 Å². The predicted molar refractivity (Wildman–Crippen MR) is 157 cm³/mol. The van der Waals surface area contributed by atoms with Gasteiger partial charge in [-0.1, -0.05) is 77.4 Å². The molecule has 5 atom stereocenters. The lowest BCUT2D eigenvalue weighted by atomic mass is 9.88. The molecular formula is C30H60O11. The van der Waals surface area contributed by atoms with Crippen LogP contribution >= 0.6 is 0 Å². The van der Waals surface area contributed by atoms with E-state index in [1.54, 1.807) is 0 Å². The molecule has 11 heteroatoms. The Labute approximate surface area is 246 Å². The Hall–Kier alpha value is -1.15. The molecule has 0 aliphatic rings. The lowest BCUT2D eigenvalue weighted by Gasteiger charge is -2.28. The molecule has 0 fully saturated rings. The standard InChI is InChI=1S/C24H46O8.C6H14O3/c1-2-3-4-5-6-7-8-9-10-11-12-13-14-15-16-17-20(27)32-24(31)23(30)22(29)21(28)19(26)18-25;1-2-6(3-7,4-8)5-9/h9-10,19,21-26,28-31H,2-8,11-18H2,1H3;7-9H,2-5H2,1H3/b10-9-;/t19-,21-,22+,23-,24?;/m1./s1. The Morgan fingerprint density at radius 3 is 1.54 bits per heavy atom. The van der Waals surface area contributed by atoms with Crippen molar-refractivity contribution in [2.75, 3.05) is 26.4 Å². The van der Waals surface area contributed by atoms with Crippen LogP contribution in [0.3, 0.4) is 0 Å². The molecule has 0 rings (SSSR count). The number of ether oxygens (including phenoxy) is 1. The van der Waals surface area contributed by atoms with Gasteiger partial charge in [0.2, 0.25) is 6.29 Å². The molecule has 0 heterocycles. The monoisotopic (exact) mass is 596 g/mol. The molecule has 0 amide bonds. The topological polar surface area (TPSA) is 208 Å². The van der Waals surface area contributed by atoms with Gasteiger partial charge in [-0.15, -0.1) is 0 Å². The van der Waals surface area contributed by atoms with Crippen molar-refractivity contribution in [3.8, 4) is 0 Å². The van der Waals surface area contributed by atoms with Crippen LogP contribution in [0.15, 0.2) is 12.2 Å². The zero-order chi connectivity index (χ0) is 31.5. The van der Waals surface area contributed by atoms with Crippen LogP contribution in [0.5, 0.6) is 0 Å². The van der Waals surface area contributed by atoms with Gasteiger partial charge < -0.3 is 50.7 Å². The Bertz CT molecular complexity index is 596. The van der Waals surface area contributed by atoms with Gasteiger partial charge in [0.1, 0.15) is 24.4 Å². The summed E-state index contributed by atoms with van der Waals surface area (Å²) in [6.07, 6.45) is 10.3. The molecule has 0 saturated heterocycles. The van der Waals surface area contributed by atoms with Crippen molar-refractivity contribution in [1.29, 1.82) is 0 Å². The zero-order valence-corrected chi connectivity index (χ0v) is 25.3. The Morgan fingerprint density at radius 1 is 0.659 bits per heavy atom. The number of unbranched alkanes of at least 4 members (excludes halogenated alkanes) is 11. The second-order valence-corrected chi connectivity index (χ2v) is 10.8. The zero-order valence-electron chi connectivity index (χ0n) is 25.3. The van der Waals surface area contributed by atoms with E-state index in [0.717, 1.165) is 38.5 Å². The van der Waals surface area contributed by atoms with E-state index < -0.39 is 48.7 Å².